The summed E-state index contributed by atoms with van der Waals surface area (Å²) < 4.78 is 0.754. The smallest absolute Gasteiger partial charge is 0.253 e. The number of carbonyl (C=O) groups is 1. The van der Waals surface area contributed by atoms with Gasteiger partial charge in [-0.25, -0.2) is 4.98 Å². The van der Waals surface area contributed by atoms with Crippen molar-refractivity contribution in [2.24, 2.45) is 0 Å². The molecular weight excluding hydrogens is 329 g/mol. The van der Waals surface area contributed by atoms with Gasteiger partial charge in [-0.3, -0.25) is 4.79 Å². The second-order valence-corrected chi connectivity index (χ2v) is 6.50. The Morgan fingerprint density at radius 1 is 1.38 bits per heavy atom. The molecule has 4 nitrogen and oxygen atoms in total. The molecule has 7 heteroatoms. The molecule has 0 saturated carbocycles. The van der Waals surface area contributed by atoms with E-state index in [0.717, 1.165) is 22.2 Å². The molecule has 0 atom stereocenters. The fraction of sp³-hybridized carbons (Fsp3) is 0.286. The van der Waals surface area contributed by atoms with Gasteiger partial charge in [0.1, 0.15) is 5.82 Å². The van der Waals surface area contributed by atoms with Crippen LogP contribution in [0.4, 0.5) is 5.82 Å². The average Bonchev–Trinajstić information content (AvgIpc) is 2.87. The molecule has 2 aromatic rings. The largest absolute Gasteiger partial charge is 0.370 e. The number of thiophene rings is 1. The molecule has 0 radical (unpaired) electrons. The fourth-order valence-corrected chi connectivity index (χ4v) is 3.05. The molecule has 2 aromatic heterocycles. The zero-order chi connectivity index (χ0) is 15.2. The van der Waals surface area contributed by atoms with E-state index < -0.39 is 0 Å². The van der Waals surface area contributed by atoms with Crippen LogP contribution in [0.5, 0.6) is 0 Å². The van der Waals surface area contributed by atoms with E-state index in [2.05, 4.69) is 15.6 Å². The summed E-state index contributed by atoms with van der Waals surface area (Å²) in [4.78, 5) is 17.4. The predicted molar refractivity (Wildman–Crippen MR) is 88.8 cm³/mol. The van der Waals surface area contributed by atoms with Gasteiger partial charge in [0.25, 0.3) is 5.91 Å². The summed E-state index contributed by atoms with van der Waals surface area (Å²) in [6.07, 6.45) is 2.22. The lowest BCUT2D eigenvalue weighted by atomic mass is 10.2. The van der Waals surface area contributed by atoms with Crippen molar-refractivity contribution in [2.45, 2.75) is 13.3 Å². The molecule has 1 amide bonds. The Morgan fingerprint density at radius 3 is 2.86 bits per heavy atom. The lowest BCUT2D eigenvalue weighted by molar-refractivity contribution is 0.0954. The predicted octanol–water partition coefficient (Wildman–Crippen LogP) is 3.85. The molecule has 0 aliphatic carbocycles. The van der Waals surface area contributed by atoms with E-state index >= 15 is 0 Å². The van der Waals surface area contributed by atoms with Gasteiger partial charge < -0.3 is 10.6 Å². The molecular formula is C14H15Cl2N3OS. The van der Waals surface area contributed by atoms with Crippen molar-refractivity contribution in [2.75, 3.05) is 18.4 Å². The zero-order valence-corrected chi connectivity index (χ0v) is 13.8. The van der Waals surface area contributed by atoms with E-state index in [1.807, 2.05) is 19.1 Å². The molecule has 0 aliphatic rings. The van der Waals surface area contributed by atoms with Crippen molar-refractivity contribution in [1.29, 1.82) is 0 Å². The van der Waals surface area contributed by atoms with Crippen LogP contribution in [0.15, 0.2) is 24.4 Å². The molecule has 0 unspecified atom stereocenters. The third kappa shape index (κ3) is 4.59. The number of pyridine rings is 1. The van der Waals surface area contributed by atoms with Crippen LogP contribution in [0.3, 0.4) is 0 Å². The minimum absolute atomic E-state index is 0.204. The lowest BCUT2D eigenvalue weighted by Crippen LogP contribution is -2.26. The van der Waals surface area contributed by atoms with E-state index in [1.165, 1.54) is 17.5 Å². The molecule has 0 aromatic carbocycles. The summed E-state index contributed by atoms with van der Waals surface area (Å²) in [5, 5.41) is 6.24. The number of rotatable bonds is 6. The van der Waals surface area contributed by atoms with Crippen LogP contribution < -0.4 is 10.6 Å². The van der Waals surface area contributed by atoms with Crippen molar-refractivity contribution in [3.8, 4) is 0 Å². The minimum atomic E-state index is -0.204. The highest BCUT2D eigenvalue weighted by Gasteiger charge is 2.11. The summed E-state index contributed by atoms with van der Waals surface area (Å²) in [6.45, 7) is 3.22. The number of nitrogens with one attached hydrogen (secondary N) is 2. The number of hydrogen-bond acceptors (Lipinski definition) is 4. The number of amides is 1. The molecule has 2 N–H and O–H groups in total. The first-order valence-corrected chi connectivity index (χ1v) is 8.09. The van der Waals surface area contributed by atoms with Crippen LogP contribution in [0.2, 0.25) is 9.36 Å². The van der Waals surface area contributed by atoms with Crippen LogP contribution in [0.1, 0.15) is 22.2 Å². The topological polar surface area (TPSA) is 54.0 Å². The van der Waals surface area contributed by atoms with Gasteiger partial charge in [0.2, 0.25) is 0 Å². The monoisotopic (exact) mass is 343 g/mol. The van der Waals surface area contributed by atoms with E-state index in [0.29, 0.717) is 22.9 Å². The standard InChI is InChI=1S/C14H15Cl2N3OS/c1-2-17-13-7-10(11(15)8-19-13)14(20)18-6-5-9-3-4-12(16)21-9/h3-4,7-8H,2,5-6H2,1H3,(H,17,19)(H,18,20). The normalized spacial score (nSPS) is 10.4. The number of aromatic nitrogens is 1. The van der Waals surface area contributed by atoms with E-state index in [9.17, 15) is 4.79 Å². The molecule has 21 heavy (non-hydrogen) atoms. The number of anilines is 1. The number of carbonyl (C=O) groups excluding carboxylic acids is 1. The van der Waals surface area contributed by atoms with Crippen LogP contribution in [-0.2, 0) is 6.42 Å². The van der Waals surface area contributed by atoms with Gasteiger partial charge >= 0.3 is 0 Å². The molecule has 0 aliphatic heterocycles. The first-order valence-electron chi connectivity index (χ1n) is 6.52. The summed E-state index contributed by atoms with van der Waals surface area (Å²) in [5.41, 5.74) is 0.423. The Balaban J connectivity index is 1.94. The van der Waals surface area contributed by atoms with Crippen LogP contribution in [0, 0.1) is 0 Å². The first kappa shape index (κ1) is 16.1. The highest BCUT2D eigenvalue weighted by Crippen LogP contribution is 2.21. The van der Waals surface area contributed by atoms with Crippen molar-refractivity contribution in [3.63, 3.8) is 0 Å². The second kappa shape index (κ2) is 7.64. The second-order valence-electron chi connectivity index (χ2n) is 4.29. The number of halogens is 2. The zero-order valence-electron chi connectivity index (χ0n) is 11.5. The maximum absolute atomic E-state index is 12.1. The third-order valence-electron chi connectivity index (χ3n) is 2.74. The summed E-state index contributed by atoms with van der Waals surface area (Å²) >= 11 is 13.4. The van der Waals surface area contributed by atoms with Crippen molar-refractivity contribution in [3.05, 3.63) is 44.2 Å². The maximum atomic E-state index is 12.1. The van der Waals surface area contributed by atoms with Crippen molar-refractivity contribution < 1.29 is 4.79 Å². The van der Waals surface area contributed by atoms with Crippen LogP contribution in [-0.4, -0.2) is 24.0 Å². The number of hydrogen-bond donors (Lipinski definition) is 2. The molecule has 0 fully saturated rings. The van der Waals surface area contributed by atoms with Crippen LogP contribution >= 0.6 is 34.5 Å². The minimum Gasteiger partial charge on any atom is -0.370 e. The Labute approximate surface area is 137 Å². The Kier molecular flexibility index (Phi) is 5.85. The van der Waals surface area contributed by atoms with Gasteiger partial charge in [-0.05, 0) is 31.5 Å². The molecule has 2 heterocycles. The summed E-state index contributed by atoms with van der Waals surface area (Å²) in [5.74, 6) is 0.432. The highest BCUT2D eigenvalue weighted by molar-refractivity contribution is 7.16. The maximum Gasteiger partial charge on any atom is 0.253 e. The average molecular weight is 344 g/mol. The van der Waals surface area contributed by atoms with Gasteiger partial charge in [-0.1, -0.05) is 23.2 Å². The molecule has 0 saturated heterocycles. The van der Waals surface area contributed by atoms with Crippen LogP contribution in [0.25, 0.3) is 0 Å². The Bertz CT molecular complexity index is 630. The van der Waals surface area contributed by atoms with Gasteiger partial charge in [0.05, 0.1) is 14.9 Å². The quantitative estimate of drug-likeness (QED) is 0.837. The molecule has 0 spiro atoms. The lowest BCUT2D eigenvalue weighted by Gasteiger charge is -2.08. The molecule has 0 bridgehead atoms. The van der Waals surface area contributed by atoms with Gasteiger partial charge in [0.15, 0.2) is 0 Å². The highest BCUT2D eigenvalue weighted by atomic mass is 35.5. The van der Waals surface area contributed by atoms with E-state index in [-0.39, 0.29) is 5.91 Å². The Hall–Kier alpha value is -1.30. The summed E-state index contributed by atoms with van der Waals surface area (Å²) in [6, 6.07) is 5.47. The van der Waals surface area contributed by atoms with Gasteiger partial charge in [-0.2, -0.15) is 0 Å². The summed E-state index contributed by atoms with van der Waals surface area (Å²) in [7, 11) is 0. The molecule has 112 valence electrons. The Morgan fingerprint density at radius 2 is 2.19 bits per heavy atom. The first-order chi connectivity index (χ1) is 10.1. The fourth-order valence-electron chi connectivity index (χ4n) is 1.77. The van der Waals surface area contributed by atoms with Gasteiger partial charge in [0, 0.05) is 24.2 Å². The van der Waals surface area contributed by atoms with Gasteiger partial charge in [-0.15, -0.1) is 11.3 Å². The van der Waals surface area contributed by atoms with Crippen molar-refractivity contribution in [1.82, 2.24) is 10.3 Å². The number of nitrogens with zero attached hydrogens (tertiary/aromatic N) is 1. The molecule has 2 rings (SSSR count). The van der Waals surface area contributed by atoms with E-state index in [4.69, 9.17) is 23.2 Å². The SMILES string of the molecule is CCNc1cc(C(=O)NCCc2ccc(Cl)s2)c(Cl)cn1. The van der Waals surface area contributed by atoms with E-state index in [1.54, 1.807) is 6.07 Å². The van der Waals surface area contributed by atoms with Crippen molar-refractivity contribution >= 4 is 46.3 Å². The third-order valence-corrected chi connectivity index (χ3v) is 4.34.